The second-order valence-corrected chi connectivity index (χ2v) is 5.93. The molecule has 1 saturated carbocycles. The zero-order valence-electron chi connectivity index (χ0n) is 11.7. The molecule has 0 aromatic heterocycles. The SMILES string of the molecule is CC(C)C1(CNCc2ccccc2CCN)CC1. The summed E-state index contributed by atoms with van der Waals surface area (Å²) in [6.07, 6.45) is 3.76. The van der Waals surface area contributed by atoms with Gasteiger partial charge in [0.1, 0.15) is 0 Å². The van der Waals surface area contributed by atoms with E-state index in [9.17, 15) is 0 Å². The van der Waals surface area contributed by atoms with Crippen LogP contribution in [0.4, 0.5) is 0 Å². The Kier molecular flexibility index (Phi) is 4.41. The van der Waals surface area contributed by atoms with Crippen molar-refractivity contribution in [3.05, 3.63) is 35.4 Å². The Balaban J connectivity index is 1.87. The van der Waals surface area contributed by atoms with E-state index in [0.717, 1.165) is 32.0 Å². The number of hydrogen-bond donors (Lipinski definition) is 2. The zero-order valence-corrected chi connectivity index (χ0v) is 11.7. The zero-order chi connectivity index (χ0) is 13.0. The van der Waals surface area contributed by atoms with E-state index in [-0.39, 0.29) is 0 Å². The number of nitrogens with two attached hydrogens (primary N) is 1. The molecule has 18 heavy (non-hydrogen) atoms. The summed E-state index contributed by atoms with van der Waals surface area (Å²) in [4.78, 5) is 0. The molecule has 1 aromatic rings. The molecular weight excluding hydrogens is 220 g/mol. The van der Waals surface area contributed by atoms with Gasteiger partial charge in [-0.1, -0.05) is 38.1 Å². The van der Waals surface area contributed by atoms with Crippen LogP contribution in [0, 0.1) is 11.3 Å². The summed E-state index contributed by atoms with van der Waals surface area (Å²) in [7, 11) is 0. The van der Waals surface area contributed by atoms with E-state index in [1.807, 2.05) is 0 Å². The van der Waals surface area contributed by atoms with Crippen molar-refractivity contribution in [2.75, 3.05) is 13.1 Å². The minimum absolute atomic E-state index is 0.586. The van der Waals surface area contributed by atoms with Crippen LogP contribution in [0.3, 0.4) is 0 Å². The van der Waals surface area contributed by atoms with E-state index < -0.39 is 0 Å². The molecule has 2 nitrogen and oxygen atoms in total. The van der Waals surface area contributed by atoms with Gasteiger partial charge >= 0.3 is 0 Å². The van der Waals surface area contributed by atoms with Gasteiger partial charge in [0, 0.05) is 13.1 Å². The lowest BCUT2D eigenvalue weighted by Crippen LogP contribution is -2.27. The third-order valence-electron chi connectivity index (χ3n) is 4.44. The smallest absolute Gasteiger partial charge is 0.0208 e. The normalized spacial score (nSPS) is 17.1. The largest absolute Gasteiger partial charge is 0.330 e. The van der Waals surface area contributed by atoms with Gasteiger partial charge < -0.3 is 11.1 Å². The number of benzene rings is 1. The maximum Gasteiger partial charge on any atom is 0.0208 e. The van der Waals surface area contributed by atoms with Gasteiger partial charge in [-0.05, 0) is 48.3 Å². The molecule has 1 fully saturated rings. The molecule has 2 rings (SSSR count). The molecule has 0 aliphatic heterocycles. The van der Waals surface area contributed by atoms with Crippen molar-refractivity contribution in [3.8, 4) is 0 Å². The summed E-state index contributed by atoms with van der Waals surface area (Å²) in [6, 6.07) is 8.63. The van der Waals surface area contributed by atoms with Gasteiger partial charge in [0.2, 0.25) is 0 Å². The first-order valence-corrected chi connectivity index (χ1v) is 7.15. The molecule has 100 valence electrons. The van der Waals surface area contributed by atoms with Crippen LogP contribution in [0.25, 0.3) is 0 Å². The van der Waals surface area contributed by atoms with Gasteiger partial charge in [-0.25, -0.2) is 0 Å². The Bertz CT molecular complexity index is 380. The highest BCUT2D eigenvalue weighted by Gasteiger charge is 2.44. The van der Waals surface area contributed by atoms with Crippen molar-refractivity contribution in [3.63, 3.8) is 0 Å². The topological polar surface area (TPSA) is 38.0 Å². The van der Waals surface area contributed by atoms with Crippen LogP contribution in [0.1, 0.15) is 37.8 Å². The Morgan fingerprint density at radius 2 is 1.89 bits per heavy atom. The maximum atomic E-state index is 5.66. The highest BCUT2D eigenvalue weighted by Crippen LogP contribution is 2.51. The molecule has 1 aromatic carbocycles. The Labute approximate surface area is 111 Å². The van der Waals surface area contributed by atoms with Crippen molar-refractivity contribution in [1.29, 1.82) is 0 Å². The fraction of sp³-hybridized carbons (Fsp3) is 0.625. The molecule has 0 heterocycles. The Morgan fingerprint density at radius 1 is 1.22 bits per heavy atom. The number of hydrogen-bond acceptors (Lipinski definition) is 2. The van der Waals surface area contributed by atoms with Gasteiger partial charge in [-0.2, -0.15) is 0 Å². The van der Waals surface area contributed by atoms with Crippen LogP contribution in [-0.2, 0) is 13.0 Å². The summed E-state index contributed by atoms with van der Waals surface area (Å²) >= 11 is 0. The summed E-state index contributed by atoms with van der Waals surface area (Å²) in [5.74, 6) is 0.796. The highest BCUT2D eigenvalue weighted by atomic mass is 14.9. The van der Waals surface area contributed by atoms with Crippen molar-refractivity contribution in [2.24, 2.45) is 17.1 Å². The van der Waals surface area contributed by atoms with Crippen LogP contribution < -0.4 is 11.1 Å². The second kappa shape index (κ2) is 5.85. The van der Waals surface area contributed by atoms with E-state index in [1.165, 1.54) is 24.0 Å². The molecule has 0 bridgehead atoms. The minimum atomic E-state index is 0.586. The third-order valence-corrected chi connectivity index (χ3v) is 4.44. The van der Waals surface area contributed by atoms with Gasteiger partial charge in [-0.15, -0.1) is 0 Å². The Hall–Kier alpha value is -0.860. The maximum absolute atomic E-state index is 5.66. The second-order valence-electron chi connectivity index (χ2n) is 5.93. The van der Waals surface area contributed by atoms with Gasteiger partial charge in [0.15, 0.2) is 0 Å². The molecule has 0 saturated heterocycles. The summed E-state index contributed by atoms with van der Waals surface area (Å²) in [5, 5.41) is 3.64. The van der Waals surface area contributed by atoms with E-state index >= 15 is 0 Å². The highest BCUT2D eigenvalue weighted by molar-refractivity contribution is 5.27. The summed E-state index contributed by atoms with van der Waals surface area (Å²) in [5.41, 5.74) is 9.04. The molecule has 0 unspecified atom stereocenters. The Morgan fingerprint density at radius 3 is 2.44 bits per heavy atom. The van der Waals surface area contributed by atoms with E-state index in [1.54, 1.807) is 0 Å². The van der Waals surface area contributed by atoms with E-state index in [0.29, 0.717) is 5.41 Å². The first-order chi connectivity index (χ1) is 8.68. The van der Waals surface area contributed by atoms with Gasteiger partial charge in [0.25, 0.3) is 0 Å². The van der Waals surface area contributed by atoms with Gasteiger partial charge in [-0.3, -0.25) is 0 Å². The molecule has 3 N–H and O–H groups in total. The lowest BCUT2D eigenvalue weighted by molar-refractivity contribution is 0.337. The van der Waals surface area contributed by atoms with Crippen molar-refractivity contribution >= 4 is 0 Å². The van der Waals surface area contributed by atoms with E-state index in [4.69, 9.17) is 5.73 Å². The van der Waals surface area contributed by atoms with Crippen molar-refractivity contribution in [2.45, 2.75) is 39.7 Å². The van der Waals surface area contributed by atoms with Crippen LogP contribution in [0.2, 0.25) is 0 Å². The van der Waals surface area contributed by atoms with Crippen LogP contribution >= 0.6 is 0 Å². The summed E-state index contributed by atoms with van der Waals surface area (Å²) < 4.78 is 0. The lowest BCUT2D eigenvalue weighted by Gasteiger charge is -2.20. The molecule has 0 amide bonds. The first kappa shape index (κ1) is 13.6. The molecule has 2 heteroatoms. The standard InChI is InChI=1S/C16H26N2/c1-13(2)16(8-9-16)12-18-11-15-6-4-3-5-14(15)7-10-17/h3-6,13,18H,7-12,17H2,1-2H3. The molecule has 0 atom stereocenters. The first-order valence-electron chi connectivity index (χ1n) is 7.15. The molecule has 1 aliphatic rings. The van der Waals surface area contributed by atoms with Crippen molar-refractivity contribution < 1.29 is 0 Å². The summed E-state index contributed by atoms with van der Waals surface area (Å²) in [6.45, 7) is 7.55. The fourth-order valence-electron chi connectivity index (χ4n) is 2.69. The predicted molar refractivity (Wildman–Crippen MR) is 77.4 cm³/mol. The van der Waals surface area contributed by atoms with Crippen LogP contribution in [-0.4, -0.2) is 13.1 Å². The van der Waals surface area contributed by atoms with Crippen molar-refractivity contribution in [1.82, 2.24) is 5.32 Å². The molecular formula is C16H26N2. The average Bonchev–Trinajstić information content (AvgIpc) is 3.13. The van der Waals surface area contributed by atoms with Crippen LogP contribution in [0.5, 0.6) is 0 Å². The van der Waals surface area contributed by atoms with Crippen LogP contribution in [0.15, 0.2) is 24.3 Å². The molecule has 1 aliphatic carbocycles. The fourth-order valence-corrected chi connectivity index (χ4v) is 2.69. The quantitative estimate of drug-likeness (QED) is 0.776. The predicted octanol–water partition coefficient (Wildman–Crippen LogP) is 2.71. The van der Waals surface area contributed by atoms with Gasteiger partial charge in [0.05, 0.1) is 0 Å². The molecule has 0 spiro atoms. The monoisotopic (exact) mass is 246 g/mol. The number of nitrogens with one attached hydrogen (secondary N) is 1. The van der Waals surface area contributed by atoms with E-state index in [2.05, 4.69) is 43.4 Å². The average molecular weight is 246 g/mol. The minimum Gasteiger partial charge on any atom is -0.330 e. The number of rotatable bonds is 7. The molecule has 0 radical (unpaired) electrons. The third kappa shape index (κ3) is 3.12. The lowest BCUT2D eigenvalue weighted by atomic mass is 9.92.